The van der Waals surface area contributed by atoms with E-state index in [1.807, 2.05) is 18.7 Å². The number of benzene rings is 1. The van der Waals surface area contributed by atoms with Crippen molar-refractivity contribution >= 4 is 17.3 Å². The van der Waals surface area contributed by atoms with Gasteiger partial charge in [-0.25, -0.2) is 4.39 Å². The maximum atomic E-state index is 13.3. The van der Waals surface area contributed by atoms with E-state index in [1.54, 1.807) is 13.0 Å². The van der Waals surface area contributed by atoms with Crippen LogP contribution in [-0.4, -0.2) is 25.5 Å². The summed E-state index contributed by atoms with van der Waals surface area (Å²) in [6, 6.07) is 2.97. The minimum Gasteiger partial charge on any atom is -0.397 e. The molecule has 4 nitrogen and oxygen atoms in total. The van der Waals surface area contributed by atoms with Crippen molar-refractivity contribution in [3.05, 3.63) is 23.5 Å². The third-order valence-electron chi connectivity index (χ3n) is 2.74. The Labute approximate surface area is 107 Å². The number of hydrogen-bond donors (Lipinski definition) is 2. The summed E-state index contributed by atoms with van der Waals surface area (Å²) in [6.45, 7) is 6.92. The molecule has 0 aliphatic rings. The summed E-state index contributed by atoms with van der Waals surface area (Å²) in [6.07, 6.45) is 0. The van der Waals surface area contributed by atoms with Gasteiger partial charge in [0.15, 0.2) is 0 Å². The fourth-order valence-corrected chi connectivity index (χ4v) is 1.75. The number of nitrogens with zero attached hydrogens (tertiary/aromatic N) is 1. The number of nitrogens with two attached hydrogens (primary N) is 1. The van der Waals surface area contributed by atoms with E-state index in [9.17, 15) is 9.18 Å². The average molecular weight is 253 g/mol. The van der Waals surface area contributed by atoms with Crippen LogP contribution >= 0.6 is 0 Å². The van der Waals surface area contributed by atoms with Crippen LogP contribution in [0.15, 0.2) is 12.1 Å². The van der Waals surface area contributed by atoms with Crippen molar-refractivity contribution in [1.82, 2.24) is 5.32 Å². The Morgan fingerprint density at radius 1 is 1.44 bits per heavy atom. The summed E-state index contributed by atoms with van der Waals surface area (Å²) in [5.74, 6) is -0.397. The molecule has 0 aliphatic heterocycles. The molecule has 0 saturated heterocycles. The lowest BCUT2D eigenvalue weighted by Crippen LogP contribution is -2.37. The summed E-state index contributed by atoms with van der Waals surface area (Å²) in [7, 11) is 0. The number of amides is 1. The summed E-state index contributed by atoms with van der Waals surface area (Å²) < 4.78 is 13.3. The molecule has 0 heterocycles. The Bertz CT molecular complexity index is 434. The maximum Gasteiger partial charge on any atom is 0.239 e. The number of nitrogen functional groups attached to an aromatic ring is 1. The van der Waals surface area contributed by atoms with Crippen LogP contribution in [0.2, 0.25) is 0 Å². The van der Waals surface area contributed by atoms with E-state index in [0.29, 0.717) is 30.0 Å². The third-order valence-corrected chi connectivity index (χ3v) is 2.74. The normalized spacial score (nSPS) is 10.2. The van der Waals surface area contributed by atoms with Gasteiger partial charge in [0.1, 0.15) is 5.82 Å². The highest BCUT2D eigenvalue weighted by atomic mass is 19.1. The van der Waals surface area contributed by atoms with Crippen molar-refractivity contribution < 1.29 is 9.18 Å². The van der Waals surface area contributed by atoms with Crippen LogP contribution in [0.3, 0.4) is 0 Å². The number of halogens is 1. The Morgan fingerprint density at radius 2 is 2.11 bits per heavy atom. The van der Waals surface area contributed by atoms with Crippen LogP contribution in [0, 0.1) is 12.7 Å². The Morgan fingerprint density at radius 3 is 2.67 bits per heavy atom. The fourth-order valence-electron chi connectivity index (χ4n) is 1.75. The van der Waals surface area contributed by atoms with Crippen molar-refractivity contribution in [2.45, 2.75) is 20.8 Å². The Hall–Kier alpha value is -1.78. The largest absolute Gasteiger partial charge is 0.397 e. The van der Waals surface area contributed by atoms with Crippen molar-refractivity contribution in [2.75, 3.05) is 30.3 Å². The van der Waals surface area contributed by atoms with E-state index in [-0.39, 0.29) is 18.3 Å². The Balaban J connectivity index is 2.95. The summed E-state index contributed by atoms with van der Waals surface area (Å²) in [5, 5.41) is 2.73. The van der Waals surface area contributed by atoms with Gasteiger partial charge in [0, 0.05) is 13.1 Å². The molecular formula is C13H20FN3O. The molecule has 100 valence electrons. The van der Waals surface area contributed by atoms with Gasteiger partial charge in [-0.3, -0.25) is 4.79 Å². The quantitative estimate of drug-likeness (QED) is 0.785. The SMILES string of the molecule is CCNC(=O)CN(CC)c1cc(C)c(F)cc1N. The zero-order valence-electron chi connectivity index (χ0n) is 11.1. The summed E-state index contributed by atoms with van der Waals surface area (Å²) >= 11 is 0. The Kier molecular flexibility index (Phi) is 4.95. The first-order valence-electron chi connectivity index (χ1n) is 6.06. The van der Waals surface area contributed by atoms with Crippen LogP contribution in [0.1, 0.15) is 19.4 Å². The number of rotatable bonds is 5. The second-order valence-corrected chi connectivity index (χ2v) is 4.13. The molecule has 0 spiro atoms. The van der Waals surface area contributed by atoms with Crippen LogP contribution < -0.4 is 16.0 Å². The molecule has 0 radical (unpaired) electrons. The van der Waals surface area contributed by atoms with Gasteiger partial charge in [0.25, 0.3) is 0 Å². The molecule has 5 heteroatoms. The van der Waals surface area contributed by atoms with Gasteiger partial charge in [-0.05, 0) is 38.5 Å². The lowest BCUT2D eigenvalue weighted by atomic mass is 10.1. The number of aryl methyl sites for hydroxylation is 1. The van der Waals surface area contributed by atoms with E-state index in [1.165, 1.54) is 6.07 Å². The smallest absolute Gasteiger partial charge is 0.239 e. The van der Waals surface area contributed by atoms with Crippen molar-refractivity contribution in [1.29, 1.82) is 0 Å². The molecule has 0 fully saturated rings. The highest BCUT2D eigenvalue weighted by molar-refractivity contribution is 5.83. The topological polar surface area (TPSA) is 58.4 Å². The predicted octanol–water partition coefficient (Wildman–Crippen LogP) is 1.68. The number of carbonyl (C=O) groups excluding carboxylic acids is 1. The first kappa shape index (κ1) is 14.3. The molecule has 0 unspecified atom stereocenters. The molecule has 1 aromatic carbocycles. The van der Waals surface area contributed by atoms with Crippen molar-refractivity contribution in [3.63, 3.8) is 0 Å². The van der Waals surface area contributed by atoms with Gasteiger partial charge >= 0.3 is 0 Å². The fraction of sp³-hybridized carbons (Fsp3) is 0.462. The monoisotopic (exact) mass is 253 g/mol. The third kappa shape index (κ3) is 3.35. The van der Waals surface area contributed by atoms with Gasteiger partial charge in [-0.15, -0.1) is 0 Å². The summed E-state index contributed by atoms with van der Waals surface area (Å²) in [5.41, 5.74) is 7.37. The number of carbonyl (C=O) groups is 1. The predicted molar refractivity (Wildman–Crippen MR) is 72.1 cm³/mol. The minimum absolute atomic E-state index is 0.0688. The maximum absolute atomic E-state index is 13.3. The van der Waals surface area contributed by atoms with Crippen molar-refractivity contribution in [3.8, 4) is 0 Å². The van der Waals surface area contributed by atoms with Crippen LogP contribution in [0.4, 0.5) is 15.8 Å². The standard InChI is InChI=1S/C13H20FN3O/c1-4-16-13(18)8-17(5-2)12-6-9(3)10(14)7-11(12)15/h6-7H,4-5,8,15H2,1-3H3,(H,16,18). The van der Waals surface area contributed by atoms with Gasteiger partial charge in [0.05, 0.1) is 17.9 Å². The average Bonchev–Trinajstić information content (AvgIpc) is 2.31. The highest BCUT2D eigenvalue weighted by Gasteiger charge is 2.13. The molecule has 0 atom stereocenters. The van der Waals surface area contributed by atoms with E-state index in [0.717, 1.165) is 0 Å². The number of hydrogen-bond acceptors (Lipinski definition) is 3. The molecule has 0 saturated carbocycles. The van der Waals surface area contributed by atoms with Crippen LogP contribution in [0.25, 0.3) is 0 Å². The van der Waals surface area contributed by atoms with Gasteiger partial charge in [-0.1, -0.05) is 0 Å². The van der Waals surface area contributed by atoms with Gasteiger partial charge in [-0.2, -0.15) is 0 Å². The van der Waals surface area contributed by atoms with Gasteiger partial charge < -0.3 is 16.0 Å². The zero-order valence-corrected chi connectivity index (χ0v) is 11.1. The first-order valence-corrected chi connectivity index (χ1v) is 6.06. The van der Waals surface area contributed by atoms with E-state index >= 15 is 0 Å². The molecule has 1 aromatic rings. The first-order chi connectivity index (χ1) is 8.49. The molecule has 1 amide bonds. The molecular weight excluding hydrogens is 233 g/mol. The highest BCUT2D eigenvalue weighted by Crippen LogP contribution is 2.26. The number of anilines is 2. The lowest BCUT2D eigenvalue weighted by molar-refractivity contribution is -0.119. The second-order valence-electron chi connectivity index (χ2n) is 4.13. The van der Waals surface area contributed by atoms with Gasteiger partial charge in [0.2, 0.25) is 5.91 Å². The van der Waals surface area contributed by atoms with Crippen LogP contribution in [0.5, 0.6) is 0 Å². The molecule has 0 bridgehead atoms. The minimum atomic E-state index is -0.328. The van der Waals surface area contributed by atoms with E-state index in [2.05, 4.69) is 5.32 Å². The van der Waals surface area contributed by atoms with E-state index in [4.69, 9.17) is 5.73 Å². The van der Waals surface area contributed by atoms with Crippen LogP contribution in [-0.2, 0) is 4.79 Å². The second kappa shape index (κ2) is 6.23. The molecule has 18 heavy (non-hydrogen) atoms. The lowest BCUT2D eigenvalue weighted by Gasteiger charge is -2.24. The molecule has 0 aromatic heterocycles. The number of nitrogens with one attached hydrogen (secondary N) is 1. The zero-order chi connectivity index (χ0) is 13.7. The van der Waals surface area contributed by atoms with Crippen molar-refractivity contribution in [2.24, 2.45) is 0 Å². The van der Waals surface area contributed by atoms with E-state index < -0.39 is 0 Å². The molecule has 3 N–H and O–H groups in total. The summed E-state index contributed by atoms with van der Waals surface area (Å²) in [4.78, 5) is 13.4. The molecule has 1 rings (SSSR count). The molecule has 0 aliphatic carbocycles. The number of likely N-dealkylation sites (N-methyl/N-ethyl adjacent to an activating group) is 2.